The summed E-state index contributed by atoms with van der Waals surface area (Å²) < 4.78 is 1.63. The van der Waals surface area contributed by atoms with Gasteiger partial charge in [-0.05, 0) is 37.3 Å². The van der Waals surface area contributed by atoms with Gasteiger partial charge < -0.3 is 11.1 Å². The zero-order valence-corrected chi connectivity index (χ0v) is 9.57. The van der Waals surface area contributed by atoms with E-state index in [1.807, 2.05) is 0 Å². The highest BCUT2D eigenvalue weighted by Crippen LogP contribution is 2.47. The van der Waals surface area contributed by atoms with E-state index < -0.39 is 0 Å². The Morgan fingerprint density at radius 1 is 1.69 bits per heavy atom. The maximum Gasteiger partial charge on any atom is 0.271 e. The molecule has 0 bridgehead atoms. The van der Waals surface area contributed by atoms with Crippen LogP contribution < -0.4 is 11.1 Å². The van der Waals surface area contributed by atoms with Crippen LogP contribution in [-0.2, 0) is 7.05 Å². The number of aromatic nitrogens is 2. The minimum atomic E-state index is -0.0936. The number of amides is 1. The zero-order chi connectivity index (χ0) is 11.6. The van der Waals surface area contributed by atoms with Crippen LogP contribution in [0.2, 0.25) is 0 Å². The van der Waals surface area contributed by atoms with Gasteiger partial charge in [0.15, 0.2) is 0 Å². The Hall–Kier alpha value is -1.36. The van der Waals surface area contributed by atoms with Crippen LogP contribution in [0.25, 0.3) is 0 Å². The van der Waals surface area contributed by atoms with Crippen molar-refractivity contribution in [2.24, 2.45) is 18.2 Å². The molecule has 1 aliphatic rings. The molecule has 5 heteroatoms. The molecule has 0 unspecified atom stereocenters. The normalized spacial score (nSPS) is 17.1. The Balaban J connectivity index is 1.84. The summed E-state index contributed by atoms with van der Waals surface area (Å²) in [4.78, 5) is 11.7. The van der Waals surface area contributed by atoms with E-state index in [1.54, 1.807) is 24.0 Å². The predicted octanol–water partition coefficient (Wildman–Crippen LogP) is 0.279. The first-order valence-corrected chi connectivity index (χ1v) is 5.63. The first-order valence-electron chi connectivity index (χ1n) is 5.63. The Kier molecular flexibility index (Phi) is 2.96. The summed E-state index contributed by atoms with van der Waals surface area (Å²) in [5.74, 6) is -0.0936. The molecule has 0 atom stereocenters. The summed E-state index contributed by atoms with van der Waals surface area (Å²) in [5.41, 5.74) is 6.30. The van der Waals surface area contributed by atoms with Crippen LogP contribution in [0, 0.1) is 5.41 Å². The molecule has 1 fully saturated rings. The topological polar surface area (TPSA) is 72.9 Å². The first-order chi connectivity index (χ1) is 7.65. The fraction of sp³-hybridized carbons (Fsp3) is 0.636. The Morgan fingerprint density at radius 2 is 2.44 bits per heavy atom. The summed E-state index contributed by atoms with van der Waals surface area (Å²) in [6, 6.07) is 1.72. The lowest BCUT2D eigenvalue weighted by atomic mass is 10.0. The molecule has 2 rings (SSSR count). The number of nitrogens with two attached hydrogens (primary N) is 1. The lowest BCUT2D eigenvalue weighted by Gasteiger charge is -2.13. The highest BCUT2D eigenvalue weighted by Gasteiger charge is 2.41. The molecule has 0 aromatic carbocycles. The highest BCUT2D eigenvalue weighted by atomic mass is 16.1. The van der Waals surface area contributed by atoms with E-state index in [4.69, 9.17) is 5.73 Å². The van der Waals surface area contributed by atoms with Crippen LogP contribution in [0.4, 0.5) is 0 Å². The standard InChI is InChI=1S/C11H18N4O/c1-15-7-2-9(14-15)10(16)13-8-11(3-4-11)5-6-12/h2,7H,3-6,8,12H2,1H3,(H,13,16). The fourth-order valence-corrected chi connectivity index (χ4v) is 1.89. The average molecular weight is 222 g/mol. The maximum absolute atomic E-state index is 11.7. The van der Waals surface area contributed by atoms with Crippen LogP contribution >= 0.6 is 0 Å². The number of hydrogen-bond donors (Lipinski definition) is 2. The van der Waals surface area contributed by atoms with Crippen molar-refractivity contribution in [3.05, 3.63) is 18.0 Å². The zero-order valence-electron chi connectivity index (χ0n) is 9.57. The quantitative estimate of drug-likeness (QED) is 0.751. The lowest BCUT2D eigenvalue weighted by molar-refractivity contribution is 0.0938. The van der Waals surface area contributed by atoms with E-state index in [1.165, 1.54) is 12.8 Å². The van der Waals surface area contributed by atoms with Gasteiger partial charge in [0.25, 0.3) is 5.91 Å². The number of carbonyl (C=O) groups is 1. The molecule has 0 aliphatic heterocycles. The SMILES string of the molecule is Cn1ccc(C(=O)NCC2(CCN)CC2)n1. The van der Waals surface area contributed by atoms with Crippen LogP contribution in [0.1, 0.15) is 29.8 Å². The third kappa shape index (κ3) is 2.41. The summed E-state index contributed by atoms with van der Waals surface area (Å²) in [6.07, 6.45) is 5.11. The molecule has 5 nitrogen and oxygen atoms in total. The summed E-state index contributed by atoms with van der Waals surface area (Å²) in [7, 11) is 1.80. The predicted molar refractivity (Wildman–Crippen MR) is 60.9 cm³/mol. The van der Waals surface area contributed by atoms with Crippen LogP contribution in [0.15, 0.2) is 12.3 Å². The van der Waals surface area contributed by atoms with Gasteiger partial charge in [0, 0.05) is 19.8 Å². The second-order valence-corrected chi connectivity index (χ2v) is 4.60. The van der Waals surface area contributed by atoms with Crippen molar-refractivity contribution in [3.8, 4) is 0 Å². The summed E-state index contributed by atoms with van der Waals surface area (Å²) in [6.45, 7) is 1.42. The van der Waals surface area contributed by atoms with Crippen molar-refractivity contribution < 1.29 is 4.79 Å². The molecule has 16 heavy (non-hydrogen) atoms. The fourth-order valence-electron chi connectivity index (χ4n) is 1.89. The molecule has 0 saturated heterocycles. The highest BCUT2D eigenvalue weighted by molar-refractivity contribution is 5.92. The van der Waals surface area contributed by atoms with Crippen LogP contribution in [-0.4, -0.2) is 28.8 Å². The summed E-state index contributed by atoms with van der Waals surface area (Å²) >= 11 is 0. The minimum Gasteiger partial charge on any atom is -0.350 e. The lowest BCUT2D eigenvalue weighted by Crippen LogP contribution is -2.31. The van der Waals surface area contributed by atoms with Gasteiger partial charge >= 0.3 is 0 Å². The van der Waals surface area contributed by atoms with Crippen LogP contribution in [0.3, 0.4) is 0 Å². The molecule has 1 aromatic heterocycles. The number of hydrogen-bond acceptors (Lipinski definition) is 3. The van der Waals surface area contributed by atoms with Crippen molar-refractivity contribution in [2.45, 2.75) is 19.3 Å². The van der Waals surface area contributed by atoms with Crippen molar-refractivity contribution in [1.82, 2.24) is 15.1 Å². The maximum atomic E-state index is 11.7. The number of carbonyl (C=O) groups excluding carboxylic acids is 1. The van der Waals surface area contributed by atoms with E-state index >= 15 is 0 Å². The van der Waals surface area contributed by atoms with Crippen molar-refractivity contribution in [3.63, 3.8) is 0 Å². The van der Waals surface area contributed by atoms with Gasteiger partial charge in [-0.3, -0.25) is 9.48 Å². The van der Waals surface area contributed by atoms with Gasteiger partial charge in [-0.1, -0.05) is 0 Å². The molecule has 0 radical (unpaired) electrons. The Bertz CT molecular complexity index is 381. The van der Waals surface area contributed by atoms with E-state index in [9.17, 15) is 4.79 Å². The number of aryl methyl sites for hydroxylation is 1. The van der Waals surface area contributed by atoms with Gasteiger partial charge in [-0.15, -0.1) is 0 Å². The van der Waals surface area contributed by atoms with Crippen molar-refractivity contribution in [1.29, 1.82) is 0 Å². The average Bonchev–Trinajstić information content (AvgIpc) is 2.89. The molecule has 0 spiro atoms. The molecular formula is C11H18N4O. The Labute approximate surface area is 95.0 Å². The molecule has 1 aromatic rings. The number of rotatable bonds is 5. The van der Waals surface area contributed by atoms with Gasteiger partial charge in [0.05, 0.1) is 0 Å². The van der Waals surface area contributed by atoms with Crippen LogP contribution in [0.5, 0.6) is 0 Å². The number of nitrogens with one attached hydrogen (secondary N) is 1. The van der Waals surface area contributed by atoms with E-state index in [0.29, 0.717) is 12.2 Å². The van der Waals surface area contributed by atoms with Gasteiger partial charge in [0.2, 0.25) is 0 Å². The van der Waals surface area contributed by atoms with Gasteiger partial charge in [0.1, 0.15) is 5.69 Å². The molecule has 1 heterocycles. The minimum absolute atomic E-state index is 0.0936. The molecule has 1 aliphatic carbocycles. The smallest absolute Gasteiger partial charge is 0.271 e. The van der Waals surface area contributed by atoms with Gasteiger partial charge in [-0.25, -0.2) is 0 Å². The second-order valence-electron chi connectivity index (χ2n) is 4.60. The molecular weight excluding hydrogens is 204 g/mol. The monoisotopic (exact) mass is 222 g/mol. The second kappa shape index (κ2) is 4.25. The van der Waals surface area contributed by atoms with E-state index in [-0.39, 0.29) is 11.3 Å². The first kappa shape index (κ1) is 11.1. The molecule has 3 N–H and O–H groups in total. The van der Waals surface area contributed by atoms with Crippen molar-refractivity contribution in [2.75, 3.05) is 13.1 Å². The summed E-state index contributed by atoms with van der Waals surface area (Å²) in [5, 5.41) is 6.99. The largest absolute Gasteiger partial charge is 0.350 e. The molecule has 1 amide bonds. The number of nitrogens with zero attached hydrogens (tertiary/aromatic N) is 2. The third-order valence-electron chi connectivity index (χ3n) is 3.20. The van der Waals surface area contributed by atoms with Crippen molar-refractivity contribution >= 4 is 5.91 Å². The Morgan fingerprint density at radius 3 is 2.94 bits per heavy atom. The molecule has 1 saturated carbocycles. The van der Waals surface area contributed by atoms with E-state index in [2.05, 4.69) is 10.4 Å². The van der Waals surface area contributed by atoms with E-state index in [0.717, 1.165) is 13.0 Å². The third-order valence-corrected chi connectivity index (χ3v) is 3.20. The molecule has 88 valence electrons. The van der Waals surface area contributed by atoms with Gasteiger partial charge in [-0.2, -0.15) is 5.10 Å².